The number of alkyl carbamates (subject to hydrolysis) is 1. The lowest BCUT2D eigenvalue weighted by Gasteiger charge is -2.15. The molecule has 1 aliphatic rings. The maximum Gasteiger partial charge on any atom is 0.407 e. The van der Waals surface area contributed by atoms with E-state index in [0.29, 0.717) is 18.5 Å². The van der Waals surface area contributed by atoms with Crippen LogP contribution in [-0.2, 0) is 20.7 Å². The second kappa shape index (κ2) is 11.7. The van der Waals surface area contributed by atoms with Gasteiger partial charge in [0.2, 0.25) is 5.91 Å². The standard InChI is InChI=1S/C29H31N3O5/c1-18(28(34)35)14-20(30)15-19-10-12-21(13-11-19)32-27(33)16-31-29(36)37-17-26-24-8-4-2-6-22(24)23-7-3-5-9-25(23)26/h2-13,18,20,26H,14-17,30H2,1H3,(H,31,36)(H,32,33)(H,34,35). The Bertz CT molecular complexity index is 1230. The molecule has 3 aromatic carbocycles. The fourth-order valence-corrected chi connectivity index (χ4v) is 4.67. The maximum absolute atomic E-state index is 12.3. The monoisotopic (exact) mass is 501 g/mol. The number of ether oxygens (including phenoxy) is 1. The van der Waals surface area contributed by atoms with Gasteiger partial charge in [-0.25, -0.2) is 4.79 Å². The lowest BCUT2D eigenvalue weighted by molar-refractivity contribution is -0.141. The van der Waals surface area contributed by atoms with Crippen molar-refractivity contribution in [3.05, 3.63) is 89.5 Å². The highest BCUT2D eigenvalue weighted by molar-refractivity contribution is 5.93. The molecular formula is C29H31N3O5. The first-order chi connectivity index (χ1) is 17.8. The molecule has 1 aliphatic carbocycles. The molecule has 2 unspecified atom stereocenters. The molecule has 0 radical (unpaired) electrons. The average molecular weight is 502 g/mol. The Morgan fingerprint density at radius 1 is 0.946 bits per heavy atom. The van der Waals surface area contributed by atoms with Crippen molar-refractivity contribution in [2.45, 2.75) is 31.7 Å². The Labute approximate surface area is 215 Å². The predicted octanol–water partition coefficient (Wildman–Crippen LogP) is 4.14. The van der Waals surface area contributed by atoms with Crippen molar-refractivity contribution in [2.24, 2.45) is 11.7 Å². The van der Waals surface area contributed by atoms with Gasteiger partial charge in [0.25, 0.3) is 0 Å². The number of nitrogens with two attached hydrogens (primary N) is 1. The summed E-state index contributed by atoms with van der Waals surface area (Å²) in [4.78, 5) is 35.6. The molecule has 0 aliphatic heterocycles. The first-order valence-corrected chi connectivity index (χ1v) is 12.3. The van der Waals surface area contributed by atoms with Crippen molar-refractivity contribution in [1.29, 1.82) is 0 Å². The molecule has 8 heteroatoms. The normalized spacial score (nSPS) is 13.7. The van der Waals surface area contributed by atoms with Gasteiger partial charge >= 0.3 is 12.1 Å². The highest BCUT2D eigenvalue weighted by atomic mass is 16.5. The molecule has 0 saturated carbocycles. The third kappa shape index (κ3) is 6.54. The summed E-state index contributed by atoms with van der Waals surface area (Å²) in [7, 11) is 0. The van der Waals surface area contributed by atoms with E-state index in [-0.39, 0.29) is 31.0 Å². The van der Waals surface area contributed by atoms with Crippen LogP contribution in [0.15, 0.2) is 72.8 Å². The van der Waals surface area contributed by atoms with Crippen molar-refractivity contribution in [3.8, 4) is 11.1 Å². The molecule has 2 atom stereocenters. The van der Waals surface area contributed by atoms with Gasteiger partial charge in [0.15, 0.2) is 0 Å². The summed E-state index contributed by atoms with van der Waals surface area (Å²) >= 11 is 0. The summed E-state index contributed by atoms with van der Waals surface area (Å²) in [6.07, 6.45) is 0.266. The zero-order valence-corrected chi connectivity index (χ0v) is 20.6. The summed E-state index contributed by atoms with van der Waals surface area (Å²) in [6, 6.07) is 23.1. The summed E-state index contributed by atoms with van der Waals surface area (Å²) in [6.45, 7) is 1.59. The first kappa shape index (κ1) is 25.9. The molecule has 192 valence electrons. The van der Waals surface area contributed by atoms with E-state index in [1.54, 1.807) is 19.1 Å². The van der Waals surface area contributed by atoms with Crippen LogP contribution in [0, 0.1) is 5.92 Å². The van der Waals surface area contributed by atoms with Crippen molar-refractivity contribution in [2.75, 3.05) is 18.5 Å². The first-order valence-electron chi connectivity index (χ1n) is 12.3. The molecule has 4 rings (SSSR count). The smallest absolute Gasteiger partial charge is 0.407 e. The Balaban J connectivity index is 1.22. The minimum atomic E-state index is -0.861. The van der Waals surface area contributed by atoms with Gasteiger partial charge in [0.1, 0.15) is 13.2 Å². The number of anilines is 1. The van der Waals surface area contributed by atoms with Crippen LogP contribution in [0.2, 0.25) is 0 Å². The molecule has 37 heavy (non-hydrogen) atoms. The van der Waals surface area contributed by atoms with Gasteiger partial charge in [0.05, 0.1) is 5.92 Å². The van der Waals surface area contributed by atoms with E-state index in [4.69, 9.17) is 15.6 Å². The second-order valence-electron chi connectivity index (χ2n) is 9.36. The van der Waals surface area contributed by atoms with Gasteiger partial charge in [-0.15, -0.1) is 0 Å². The number of nitrogens with one attached hydrogen (secondary N) is 2. The summed E-state index contributed by atoms with van der Waals surface area (Å²) < 4.78 is 5.46. The van der Waals surface area contributed by atoms with Crippen LogP contribution < -0.4 is 16.4 Å². The highest BCUT2D eigenvalue weighted by Gasteiger charge is 2.29. The Hall–Kier alpha value is -4.17. The van der Waals surface area contributed by atoms with Gasteiger partial charge in [-0.2, -0.15) is 0 Å². The van der Waals surface area contributed by atoms with Crippen molar-refractivity contribution in [3.63, 3.8) is 0 Å². The molecule has 0 fully saturated rings. The Morgan fingerprint density at radius 3 is 2.14 bits per heavy atom. The number of aliphatic carboxylic acids is 1. The zero-order chi connectivity index (χ0) is 26.4. The van der Waals surface area contributed by atoms with Gasteiger partial charge < -0.3 is 26.2 Å². The van der Waals surface area contributed by atoms with Crippen molar-refractivity contribution < 1.29 is 24.2 Å². The lowest BCUT2D eigenvalue weighted by Crippen LogP contribution is -2.34. The number of hydrogen-bond donors (Lipinski definition) is 4. The molecule has 5 N–H and O–H groups in total. The quantitative estimate of drug-likeness (QED) is 0.330. The van der Waals surface area contributed by atoms with E-state index in [0.717, 1.165) is 27.8 Å². The molecule has 3 aromatic rings. The van der Waals surface area contributed by atoms with E-state index >= 15 is 0 Å². The molecule has 0 aromatic heterocycles. The molecular weight excluding hydrogens is 470 g/mol. The Kier molecular flexibility index (Phi) is 8.20. The third-order valence-corrected chi connectivity index (χ3v) is 6.55. The predicted molar refractivity (Wildman–Crippen MR) is 141 cm³/mol. The van der Waals surface area contributed by atoms with Crippen molar-refractivity contribution >= 4 is 23.7 Å². The van der Waals surface area contributed by atoms with E-state index in [1.807, 2.05) is 48.5 Å². The summed E-state index contributed by atoms with van der Waals surface area (Å²) in [5.41, 5.74) is 12.1. The lowest BCUT2D eigenvalue weighted by atomic mass is 9.97. The van der Waals surface area contributed by atoms with Crippen LogP contribution in [0.4, 0.5) is 10.5 Å². The average Bonchev–Trinajstić information content (AvgIpc) is 3.21. The number of rotatable bonds is 10. The number of fused-ring (bicyclic) bond motifs is 3. The third-order valence-electron chi connectivity index (χ3n) is 6.55. The second-order valence-corrected chi connectivity index (χ2v) is 9.36. The van der Waals surface area contributed by atoms with E-state index in [9.17, 15) is 14.4 Å². The number of amides is 2. The van der Waals surface area contributed by atoms with E-state index in [2.05, 4.69) is 22.8 Å². The van der Waals surface area contributed by atoms with Crippen LogP contribution in [0.25, 0.3) is 11.1 Å². The van der Waals surface area contributed by atoms with Crippen LogP contribution in [0.1, 0.15) is 36.0 Å². The number of carboxylic acids is 1. The topological polar surface area (TPSA) is 131 Å². The number of carboxylic acid groups (broad SMARTS) is 1. The van der Waals surface area contributed by atoms with Crippen LogP contribution in [-0.4, -0.2) is 42.3 Å². The van der Waals surface area contributed by atoms with Crippen LogP contribution in [0.3, 0.4) is 0 Å². The molecule has 8 nitrogen and oxygen atoms in total. The van der Waals surface area contributed by atoms with Crippen LogP contribution >= 0.6 is 0 Å². The minimum Gasteiger partial charge on any atom is -0.481 e. The molecule has 0 bridgehead atoms. The fourth-order valence-electron chi connectivity index (χ4n) is 4.67. The van der Waals surface area contributed by atoms with Gasteiger partial charge in [-0.3, -0.25) is 9.59 Å². The summed E-state index contributed by atoms with van der Waals surface area (Å²) in [5, 5.41) is 14.2. The SMILES string of the molecule is CC(CC(N)Cc1ccc(NC(=O)CNC(=O)OCC2c3ccccc3-c3ccccc32)cc1)C(=O)O. The molecule has 0 saturated heterocycles. The number of carbonyl (C=O) groups excluding carboxylic acids is 2. The molecule has 2 amide bonds. The highest BCUT2D eigenvalue weighted by Crippen LogP contribution is 2.44. The van der Waals surface area contributed by atoms with Gasteiger partial charge in [-0.1, -0.05) is 67.6 Å². The molecule has 0 spiro atoms. The van der Waals surface area contributed by atoms with E-state index in [1.165, 1.54) is 0 Å². The largest absolute Gasteiger partial charge is 0.481 e. The van der Waals surface area contributed by atoms with Crippen LogP contribution in [0.5, 0.6) is 0 Å². The Morgan fingerprint density at radius 2 is 1.54 bits per heavy atom. The summed E-state index contributed by atoms with van der Waals surface area (Å²) in [5.74, 6) is -1.79. The van der Waals surface area contributed by atoms with Gasteiger partial charge in [0, 0.05) is 17.6 Å². The van der Waals surface area contributed by atoms with Gasteiger partial charge in [-0.05, 0) is 52.8 Å². The number of carbonyl (C=O) groups is 3. The maximum atomic E-state index is 12.3. The minimum absolute atomic E-state index is 0.0500. The fraction of sp³-hybridized carbons (Fsp3) is 0.276. The number of hydrogen-bond acceptors (Lipinski definition) is 5. The van der Waals surface area contributed by atoms with Crippen molar-refractivity contribution in [1.82, 2.24) is 5.32 Å². The van der Waals surface area contributed by atoms with E-state index < -0.39 is 18.0 Å². The number of benzene rings is 3. The zero-order valence-electron chi connectivity index (χ0n) is 20.6. The molecule has 0 heterocycles.